The first kappa shape index (κ1) is 9.94. The molecular formula is C3H3N3O6. The van der Waals surface area contributed by atoms with E-state index in [1.165, 1.54) is 0 Å². The third-order valence-corrected chi connectivity index (χ3v) is 0.780. The number of hydrogen-bond acceptors (Lipinski definition) is 6. The van der Waals surface area contributed by atoms with Gasteiger partial charge in [0.25, 0.3) is 6.54 Å². The molecule has 12 heavy (non-hydrogen) atoms. The maximum absolute atomic E-state index is 9.90. The van der Waals surface area contributed by atoms with Crippen LogP contribution in [0, 0.1) is 30.3 Å². The van der Waals surface area contributed by atoms with Crippen molar-refractivity contribution < 1.29 is 14.8 Å². The van der Waals surface area contributed by atoms with Gasteiger partial charge in [0, 0.05) is 4.92 Å². The number of nitrogens with zero attached hydrogens (tertiary/aromatic N) is 3. The fourth-order valence-corrected chi connectivity index (χ4v) is 0.400. The normalized spacial score (nSPS) is 10.8. The molecule has 0 fully saturated rings. The van der Waals surface area contributed by atoms with E-state index in [-0.39, 0.29) is 6.20 Å². The van der Waals surface area contributed by atoms with Crippen molar-refractivity contribution in [1.29, 1.82) is 0 Å². The molecule has 0 aliphatic carbocycles. The highest BCUT2D eigenvalue weighted by atomic mass is 16.6. The van der Waals surface area contributed by atoms with E-state index in [2.05, 4.69) is 0 Å². The Labute approximate surface area is 64.7 Å². The molecule has 0 heterocycles. The Kier molecular flexibility index (Phi) is 3.27. The van der Waals surface area contributed by atoms with Gasteiger partial charge in [-0.15, -0.1) is 0 Å². The monoisotopic (exact) mass is 177 g/mol. The molecular weight excluding hydrogens is 174 g/mol. The van der Waals surface area contributed by atoms with Crippen LogP contribution in [0.1, 0.15) is 0 Å². The first-order valence-corrected chi connectivity index (χ1v) is 2.54. The maximum Gasteiger partial charge on any atom is 0.385 e. The number of nitro groups is 3. The molecule has 0 radical (unpaired) electrons. The van der Waals surface area contributed by atoms with Crippen molar-refractivity contribution in [3.05, 3.63) is 42.2 Å². The van der Waals surface area contributed by atoms with Crippen LogP contribution in [-0.4, -0.2) is 21.3 Å². The predicted molar refractivity (Wildman–Crippen MR) is 33.9 cm³/mol. The van der Waals surface area contributed by atoms with Crippen LogP contribution >= 0.6 is 0 Å². The lowest BCUT2D eigenvalue weighted by Gasteiger charge is -1.88. The van der Waals surface area contributed by atoms with Crippen molar-refractivity contribution in [2.24, 2.45) is 0 Å². The van der Waals surface area contributed by atoms with Gasteiger partial charge in [-0.25, -0.2) is 0 Å². The summed E-state index contributed by atoms with van der Waals surface area (Å²) in [6.45, 7) is -1.16. The van der Waals surface area contributed by atoms with Gasteiger partial charge in [0.1, 0.15) is 0 Å². The molecule has 0 N–H and O–H groups in total. The zero-order chi connectivity index (χ0) is 9.72. The number of hydrogen-bond donors (Lipinski definition) is 0. The molecule has 0 aromatic heterocycles. The molecule has 0 aromatic carbocycles. The molecule has 0 spiro atoms. The van der Waals surface area contributed by atoms with Crippen LogP contribution in [0.5, 0.6) is 0 Å². The molecule has 0 amide bonds. The Morgan fingerprint density at radius 3 is 1.92 bits per heavy atom. The summed E-state index contributed by atoms with van der Waals surface area (Å²) < 4.78 is 0. The minimum atomic E-state index is -1.16. The molecule has 66 valence electrons. The molecule has 0 rings (SSSR count). The van der Waals surface area contributed by atoms with E-state index in [4.69, 9.17) is 0 Å². The lowest BCUT2D eigenvalue weighted by atomic mass is 10.5. The van der Waals surface area contributed by atoms with Gasteiger partial charge in [0.2, 0.25) is 0 Å². The van der Waals surface area contributed by atoms with Crippen molar-refractivity contribution in [3.63, 3.8) is 0 Å². The van der Waals surface area contributed by atoms with Gasteiger partial charge in [0.15, 0.2) is 0 Å². The zero-order valence-corrected chi connectivity index (χ0v) is 5.58. The molecule has 9 heteroatoms. The molecule has 9 nitrogen and oxygen atoms in total. The third kappa shape index (κ3) is 3.87. The smallest absolute Gasteiger partial charge is 0.264 e. The van der Waals surface area contributed by atoms with Gasteiger partial charge in [-0.1, -0.05) is 0 Å². The minimum absolute atomic E-state index is 0.00278. The molecule has 0 aliphatic heterocycles. The zero-order valence-electron chi connectivity index (χ0n) is 5.58. The van der Waals surface area contributed by atoms with Crippen LogP contribution < -0.4 is 0 Å². The summed E-state index contributed by atoms with van der Waals surface area (Å²) in [5.74, 6) is 0. The molecule has 0 saturated carbocycles. The lowest BCUT2D eigenvalue weighted by Crippen LogP contribution is -2.12. The highest BCUT2D eigenvalue weighted by molar-refractivity contribution is 4.84. The Bertz CT molecular complexity index is 257. The van der Waals surface area contributed by atoms with Gasteiger partial charge >= 0.3 is 11.9 Å². The fraction of sp³-hybridized carbons (Fsp3) is 0.333. The Balaban J connectivity index is 4.55. The van der Waals surface area contributed by atoms with Crippen molar-refractivity contribution in [1.82, 2.24) is 0 Å². The van der Waals surface area contributed by atoms with E-state index in [1.807, 2.05) is 0 Å². The van der Waals surface area contributed by atoms with Crippen LogP contribution in [0.25, 0.3) is 0 Å². The third-order valence-electron chi connectivity index (χ3n) is 0.780. The first-order valence-electron chi connectivity index (χ1n) is 2.54. The Morgan fingerprint density at radius 2 is 1.67 bits per heavy atom. The summed E-state index contributed by atoms with van der Waals surface area (Å²) in [4.78, 5) is 26.0. The van der Waals surface area contributed by atoms with Crippen LogP contribution in [0.4, 0.5) is 0 Å². The van der Waals surface area contributed by atoms with E-state index in [0.29, 0.717) is 0 Å². The molecule has 0 saturated heterocycles. The van der Waals surface area contributed by atoms with Gasteiger partial charge in [0.05, 0.1) is 9.85 Å². The second-order valence-corrected chi connectivity index (χ2v) is 1.65. The molecule has 0 unspecified atom stereocenters. The van der Waals surface area contributed by atoms with Crippen LogP contribution in [-0.2, 0) is 0 Å². The summed E-state index contributed by atoms with van der Waals surface area (Å²) in [6, 6.07) is 0. The fourth-order valence-electron chi connectivity index (χ4n) is 0.400. The van der Waals surface area contributed by atoms with E-state index >= 15 is 0 Å². The van der Waals surface area contributed by atoms with E-state index in [1.54, 1.807) is 0 Å². The quantitative estimate of drug-likeness (QED) is 0.426. The van der Waals surface area contributed by atoms with E-state index in [9.17, 15) is 30.3 Å². The summed E-state index contributed by atoms with van der Waals surface area (Å²) in [6.07, 6.45) is 0.00278. The highest BCUT2D eigenvalue weighted by Gasteiger charge is 2.22. The number of rotatable bonds is 4. The van der Waals surface area contributed by atoms with E-state index < -0.39 is 27.0 Å². The summed E-state index contributed by atoms with van der Waals surface area (Å²) in [5.41, 5.74) is -1.05. The van der Waals surface area contributed by atoms with E-state index in [0.717, 1.165) is 0 Å². The van der Waals surface area contributed by atoms with Gasteiger partial charge in [-0.2, -0.15) is 0 Å². The Morgan fingerprint density at radius 1 is 1.17 bits per heavy atom. The van der Waals surface area contributed by atoms with Crippen molar-refractivity contribution in [2.45, 2.75) is 0 Å². The van der Waals surface area contributed by atoms with Crippen molar-refractivity contribution in [3.8, 4) is 0 Å². The lowest BCUT2D eigenvalue weighted by molar-refractivity contribution is -0.528. The minimum Gasteiger partial charge on any atom is -0.264 e. The second-order valence-electron chi connectivity index (χ2n) is 1.65. The van der Waals surface area contributed by atoms with Crippen LogP contribution in [0.3, 0.4) is 0 Å². The summed E-state index contributed by atoms with van der Waals surface area (Å²) >= 11 is 0. The topological polar surface area (TPSA) is 129 Å². The highest BCUT2D eigenvalue weighted by Crippen LogP contribution is 1.95. The predicted octanol–water partition coefficient (Wildman–Crippen LogP) is -0.342. The van der Waals surface area contributed by atoms with Gasteiger partial charge in [-0.3, -0.25) is 30.3 Å². The maximum atomic E-state index is 9.90. The van der Waals surface area contributed by atoms with Crippen LogP contribution in [0.2, 0.25) is 0 Å². The molecule has 0 aromatic rings. The molecule has 0 atom stereocenters. The average molecular weight is 177 g/mol. The first-order chi connectivity index (χ1) is 5.43. The molecule has 0 aliphatic rings. The largest absolute Gasteiger partial charge is 0.385 e. The summed E-state index contributed by atoms with van der Waals surface area (Å²) in [5, 5.41) is 29.3. The van der Waals surface area contributed by atoms with Gasteiger partial charge in [-0.05, 0) is 0 Å². The van der Waals surface area contributed by atoms with Crippen LogP contribution in [0.15, 0.2) is 11.9 Å². The standard InChI is InChI=1S/C3H3N3O6/c7-4(8)1-3(6(11)12)2-5(9)10/h1H,2H2/b3-1+. The average Bonchev–Trinajstić information content (AvgIpc) is 1.83. The van der Waals surface area contributed by atoms with Gasteiger partial charge < -0.3 is 0 Å². The Hall–Kier alpha value is -2.06. The van der Waals surface area contributed by atoms with Crippen molar-refractivity contribution in [2.75, 3.05) is 6.54 Å². The SMILES string of the molecule is O=[N+]([O-])/C=C(\C[N+](=O)[O-])[N+](=O)[O-]. The van der Waals surface area contributed by atoms with Crippen molar-refractivity contribution >= 4 is 0 Å². The second kappa shape index (κ2) is 3.95. The summed E-state index contributed by atoms with van der Waals surface area (Å²) in [7, 11) is 0. The molecule has 0 bridgehead atoms.